The van der Waals surface area contributed by atoms with E-state index in [0.717, 1.165) is 43.8 Å². The lowest BCUT2D eigenvalue weighted by atomic mass is 9.83. The van der Waals surface area contributed by atoms with Crippen LogP contribution in [0, 0.1) is 5.92 Å². The van der Waals surface area contributed by atoms with E-state index < -0.39 is 0 Å². The molecule has 2 aliphatic rings. The first-order chi connectivity index (χ1) is 9.21. The minimum Gasteiger partial charge on any atom is -0.501 e. The molecular weight excluding hydrogens is 244 g/mol. The van der Waals surface area contributed by atoms with Crippen molar-refractivity contribution >= 4 is 5.97 Å². The maximum absolute atomic E-state index is 11.4. The highest BCUT2D eigenvalue weighted by Crippen LogP contribution is 2.31. The van der Waals surface area contributed by atoms with E-state index >= 15 is 0 Å². The highest BCUT2D eigenvalue weighted by molar-refractivity contribution is 5.83. The highest BCUT2D eigenvalue weighted by Gasteiger charge is 2.25. The summed E-state index contributed by atoms with van der Waals surface area (Å²) in [6, 6.07) is 0. The molecule has 1 unspecified atom stereocenters. The maximum Gasteiger partial charge on any atom is 0.334 e. The predicted molar refractivity (Wildman–Crippen MR) is 71.6 cm³/mol. The van der Waals surface area contributed by atoms with Crippen molar-refractivity contribution in [2.45, 2.75) is 57.2 Å². The Morgan fingerprint density at radius 2 is 1.95 bits per heavy atom. The average Bonchev–Trinajstić information content (AvgIpc) is 2.45. The molecule has 1 aliphatic carbocycles. The van der Waals surface area contributed by atoms with E-state index in [-0.39, 0.29) is 12.1 Å². The molecule has 2 rings (SSSR count). The molecule has 19 heavy (non-hydrogen) atoms. The number of carbonyl (C=O) groups is 1. The Morgan fingerprint density at radius 1 is 1.21 bits per heavy atom. The lowest BCUT2D eigenvalue weighted by Gasteiger charge is -2.29. The fourth-order valence-electron chi connectivity index (χ4n) is 3.04. The van der Waals surface area contributed by atoms with Crippen LogP contribution >= 0.6 is 0 Å². The number of hydrogen-bond donors (Lipinski definition) is 0. The topological polar surface area (TPSA) is 44.8 Å². The van der Waals surface area contributed by atoms with E-state index in [9.17, 15) is 4.79 Å². The number of cyclic esters (lactones) is 1. The minimum atomic E-state index is -0.267. The van der Waals surface area contributed by atoms with Gasteiger partial charge in [-0.05, 0) is 44.4 Å². The number of ether oxygens (including phenoxy) is 3. The fourth-order valence-corrected chi connectivity index (χ4v) is 3.04. The molecule has 1 fully saturated rings. The van der Waals surface area contributed by atoms with E-state index in [4.69, 9.17) is 14.2 Å². The van der Waals surface area contributed by atoms with Crippen molar-refractivity contribution in [3.63, 3.8) is 0 Å². The summed E-state index contributed by atoms with van der Waals surface area (Å²) in [6.07, 6.45) is 9.46. The van der Waals surface area contributed by atoms with Crippen molar-refractivity contribution in [2.75, 3.05) is 14.2 Å². The van der Waals surface area contributed by atoms with Crippen LogP contribution in [0.4, 0.5) is 0 Å². The molecule has 0 N–H and O–H groups in total. The summed E-state index contributed by atoms with van der Waals surface area (Å²) in [5, 5.41) is 0. The molecule has 1 heterocycles. The van der Waals surface area contributed by atoms with Crippen LogP contribution in [0.1, 0.15) is 44.9 Å². The van der Waals surface area contributed by atoms with Crippen LogP contribution in [0.25, 0.3) is 0 Å². The van der Waals surface area contributed by atoms with Gasteiger partial charge in [0.05, 0.1) is 19.3 Å². The summed E-state index contributed by atoms with van der Waals surface area (Å²) >= 11 is 0. The average molecular weight is 268 g/mol. The van der Waals surface area contributed by atoms with Crippen LogP contribution < -0.4 is 0 Å². The normalized spacial score (nSPS) is 31.6. The van der Waals surface area contributed by atoms with Gasteiger partial charge in [-0.3, -0.25) is 0 Å². The Morgan fingerprint density at radius 3 is 2.58 bits per heavy atom. The lowest BCUT2D eigenvalue weighted by molar-refractivity contribution is -0.145. The van der Waals surface area contributed by atoms with Crippen LogP contribution in [0.5, 0.6) is 0 Å². The second-order valence-electron chi connectivity index (χ2n) is 5.53. The molecule has 1 saturated carbocycles. The van der Waals surface area contributed by atoms with Gasteiger partial charge in [-0.2, -0.15) is 0 Å². The first-order valence-electron chi connectivity index (χ1n) is 7.19. The van der Waals surface area contributed by atoms with Crippen LogP contribution in [0.2, 0.25) is 0 Å². The first-order valence-corrected chi connectivity index (χ1v) is 7.19. The van der Waals surface area contributed by atoms with Crippen molar-refractivity contribution in [1.82, 2.24) is 0 Å². The third kappa shape index (κ3) is 4.23. The Hall–Kier alpha value is -1.03. The Labute approximate surface area is 115 Å². The van der Waals surface area contributed by atoms with Gasteiger partial charge in [-0.25, -0.2) is 4.79 Å². The van der Waals surface area contributed by atoms with E-state index in [1.54, 1.807) is 14.2 Å². The molecule has 0 spiro atoms. The van der Waals surface area contributed by atoms with Crippen LogP contribution in [0.3, 0.4) is 0 Å². The van der Waals surface area contributed by atoms with Gasteiger partial charge in [-0.15, -0.1) is 0 Å². The number of rotatable bonds is 5. The van der Waals surface area contributed by atoms with E-state index in [0.29, 0.717) is 6.10 Å². The minimum absolute atomic E-state index is 0.00685. The Kier molecular flexibility index (Phi) is 5.25. The van der Waals surface area contributed by atoms with Crippen molar-refractivity contribution < 1.29 is 19.0 Å². The van der Waals surface area contributed by atoms with E-state index in [1.807, 2.05) is 0 Å². The third-order valence-electron chi connectivity index (χ3n) is 4.28. The van der Waals surface area contributed by atoms with Gasteiger partial charge >= 0.3 is 5.97 Å². The zero-order valence-corrected chi connectivity index (χ0v) is 11.9. The van der Waals surface area contributed by atoms with Crippen molar-refractivity contribution in [2.24, 2.45) is 5.92 Å². The quantitative estimate of drug-likeness (QED) is 0.719. The summed E-state index contributed by atoms with van der Waals surface area (Å²) in [7, 11) is 3.40. The van der Waals surface area contributed by atoms with Crippen LogP contribution in [0.15, 0.2) is 11.8 Å². The van der Waals surface area contributed by atoms with Gasteiger partial charge in [0.2, 0.25) is 0 Å². The van der Waals surface area contributed by atoms with E-state index in [1.165, 1.54) is 18.9 Å². The van der Waals surface area contributed by atoms with Gasteiger partial charge in [0.15, 0.2) is 0 Å². The molecule has 0 saturated heterocycles. The zero-order valence-electron chi connectivity index (χ0n) is 11.9. The SMILES string of the molecule is COC1=CC(=O)OC(CCC2CCC(OC)CC2)C1. The fraction of sp³-hybridized carbons (Fsp3) is 0.800. The molecule has 4 nitrogen and oxygen atoms in total. The Bertz CT molecular complexity index is 329. The summed E-state index contributed by atoms with van der Waals surface area (Å²) in [5.74, 6) is 1.22. The maximum atomic E-state index is 11.4. The smallest absolute Gasteiger partial charge is 0.334 e. The second-order valence-corrected chi connectivity index (χ2v) is 5.53. The zero-order chi connectivity index (χ0) is 13.7. The number of esters is 1. The molecule has 4 heteroatoms. The van der Waals surface area contributed by atoms with Crippen molar-refractivity contribution in [3.05, 3.63) is 11.8 Å². The molecule has 0 radical (unpaired) electrons. The third-order valence-corrected chi connectivity index (χ3v) is 4.28. The van der Waals surface area contributed by atoms with Gasteiger partial charge in [0, 0.05) is 13.5 Å². The molecule has 0 aromatic carbocycles. The van der Waals surface area contributed by atoms with Crippen molar-refractivity contribution in [3.8, 4) is 0 Å². The van der Waals surface area contributed by atoms with Gasteiger partial charge in [-0.1, -0.05) is 0 Å². The molecule has 0 bridgehead atoms. The summed E-state index contributed by atoms with van der Waals surface area (Å²) < 4.78 is 15.9. The van der Waals surface area contributed by atoms with Gasteiger partial charge in [0.25, 0.3) is 0 Å². The monoisotopic (exact) mass is 268 g/mol. The number of carbonyl (C=O) groups excluding carboxylic acids is 1. The molecular formula is C15H24O4. The number of methoxy groups -OCH3 is 2. The van der Waals surface area contributed by atoms with Crippen molar-refractivity contribution in [1.29, 1.82) is 0 Å². The largest absolute Gasteiger partial charge is 0.501 e. The number of hydrogen-bond acceptors (Lipinski definition) is 4. The van der Waals surface area contributed by atoms with Crippen LogP contribution in [-0.2, 0) is 19.0 Å². The molecule has 1 aliphatic heterocycles. The summed E-state index contributed by atoms with van der Waals surface area (Å²) in [5.41, 5.74) is 0. The summed E-state index contributed by atoms with van der Waals surface area (Å²) in [6.45, 7) is 0. The van der Waals surface area contributed by atoms with Crippen LogP contribution in [-0.4, -0.2) is 32.4 Å². The lowest BCUT2D eigenvalue weighted by Crippen LogP contribution is -2.25. The molecule has 0 amide bonds. The summed E-state index contributed by atoms with van der Waals surface area (Å²) in [4.78, 5) is 11.4. The molecule has 0 aromatic heterocycles. The van der Waals surface area contributed by atoms with E-state index in [2.05, 4.69) is 0 Å². The molecule has 108 valence electrons. The molecule has 0 aromatic rings. The standard InChI is InChI=1S/C15H24O4/c1-17-12-6-3-11(4-7-12)5-8-13-9-14(18-2)10-15(16)19-13/h10-13H,3-9H2,1-2H3. The Balaban J connectivity index is 1.71. The predicted octanol–water partition coefficient (Wildman–Crippen LogP) is 2.82. The highest BCUT2D eigenvalue weighted by atomic mass is 16.5. The molecule has 1 atom stereocenters. The van der Waals surface area contributed by atoms with Gasteiger partial charge < -0.3 is 14.2 Å². The van der Waals surface area contributed by atoms with Gasteiger partial charge in [0.1, 0.15) is 11.9 Å². The second kappa shape index (κ2) is 6.94. The first kappa shape index (κ1) is 14.4.